The highest BCUT2D eigenvalue weighted by molar-refractivity contribution is 7.11. The third-order valence-electron chi connectivity index (χ3n) is 3.34. The Morgan fingerprint density at radius 2 is 1.72 bits per heavy atom. The second kappa shape index (κ2) is 4.57. The van der Waals surface area contributed by atoms with Crippen molar-refractivity contribution in [3.8, 4) is 0 Å². The van der Waals surface area contributed by atoms with Crippen LogP contribution in [0, 0.1) is 5.41 Å². The minimum Gasteiger partial charge on any atom is -0.297 e. The molecule has 0 aliphatic carbocycles. The van der Waals surface area contributed by atoms with Crippen LogP contribution in [0.25, 0.3) is 0 Å². The zero-order valence-corrected chi connectivity index (χ0v) is 13.3. The summed E-state index contributed by atoms with van der Waals surface area (Å²) in [6.07, 6.45) is 1.03. The molecular formula is C14H25N3S. The highest BCUT2D eigenvalue weighted by Crippen LogP contribution is 2.34. The predicted molar refractivity (Wildman–Crippen MR) is 77.1 cm³/mol. The van der Waals surface area contributed by atoms with Gasteiger partial charge in [-0.3, -0.25) is 4.90 Å². The van der Waals surface area contributed by atoms with E-state index in [2.05, 4.69) is 56.6 Å². The molecule has 1 saturated heterocycles. The van der Waals surface area contributed by atoms with E-state index in [0.717, 1.165) is 19.5 Å². The van der Waals surface area contributed by atoms with E-state index >= 15 is 0 Å². The topological polar surface area (TPSA) is 29.0 Å². The summed E-state index contributed by atoms with van der Waals surface area (Å²) in [5.74, 6) is 0.607. The van der Waals surface area contributed by atoms with E-state index in [1.165, 1.54) is 10.0 Å². The lowest BCUT2D eigenvalue weighted by molar-refractivity contribution is 0.0467. The first-order valence-electron chi connectivity index (χ1n) is 6.72. The SMILES string of the molecule is CC(C)(C)Cc1nnc(C2CN(C(C)(C)C)C2)s1. The normalized spacial score (nSPS) is 19.0. The van der Waals surface area contributed by atoms with Crippen LogP contribution in [0.4, 0.5) is 0 Å². The first kappa shape index (κ1) is 13.9. The fourth-order valence-corrected chi connectivity index (χ4v) is 3.36. The van der Waals surface area contributed by atoms with Gasteiger partial charge in [-0.15, -0.1) is 21.5 Å². The van der Waals surface area contributed by atoms with Gasteiger partial charge >= 0.3 is 0 Å². The van der Waals surface area contributed by atoms with Crippen molar-refractivity contribution in [1.29, 1.82) is 0 Å². The number of hydrogen-bond donors (Lipinski definition) is 0. The first-order chi connectivity index (χ1) is 8.15. The van der Waals surface area contributed by atoms with Crippen LogP contribution >= 0.6 is 11.3 Å². The zero-order valence-electron chi connectivity index (χ0n) is 12.4. The molecule has 1 fully saturated rings. The van der Waals surface area contributed by atoms with Gasteiger partial charge in [0.1, 0.15) is 10.0 Å². The molecule has 1 aromatic heterocycles. The summed E-state index contributed by atoms with van der Waals surface area (Å²) in [6.45, 7) is 15.8. The van der Waals surface area contributed by atoms with E-state index in [9.17, 15) is 0 Å². The molecular weight excluding hydrogens is 242 g/mol. The van der Waals surface area contributed by atoms with Crippen molar-refractivity contribution < 1.29 is 0 Å². The van der Waals surface area contributed by atoms with Gasteiger partial charge in [-0.05, 0) is 26.2 Å². The fourth-order valence-electron chi connectivity index (χ4n) is 2.14. The van der Waals surface area contributed by atoms with Gasteiger partial charge in [-0.25, -0.2) is 0 Å². The van der Waals surface area contributed by atoms with Crippen LogP contribution in [0.1, 0.15) is 57.5 Å². The van der Waals surface area contributed by atoms with Crippen LogP contribution in [0.2, 0.25) is 0 Å². The highest BCUT2D eigenvalue weighted by Gasteiger charge is 2.37. The van der Waals surface area contributed by atoms with Crippen molar-refractivity contribution in [3.63, 3.8) is 0 Å². The maximum Gasteiger partial charge on any atom is 0.123 e. The molecule has 0 unspecified atom stereocenters. The molecule has 0 spiro atoms. The smallest absolute Gasteiger partial charge is 0.123 e. The monoisotopic (exact) mass is 267 g/mol. The van der Waals surface area contributed by atoms with Crippen LogP contribution in [0.3, 0.4) is 0 Å². The fraction of sp³-hybridized carbons (Fsp3) is 0.857. The Balaban J connectivity index is 1.93. The molecule has 1 aliphatic rings. The van der Waals surface area contributed by atoms with E-state index < -0.39 is 0 Å². The van der Waals surface area contributed by atoms with Gasteiger partial charge in [0.2, 0.25) is 0 Å². The van der Waals surface area contributed by atoms with Gasteiger partial charge < -0.3 is 0 Å². The van der Waals surface area contributed by atoms with Gasteiger partial charge in [-0.2, -0.15) is 0 Å². The maximum absolute atomic E-state index is 4.38. The first-order valence-corrected chi connectivity index (χ1v) is 7.54. The van der Waals surface area contributed by atoms with Crippen molar-refractivity contribution >= 4 is 11.3 Å². The molecule has 0 amide bonds. The third kappa shape index (κ3) is 3.29. The Morgan fingerprint density at radius 1 is 1.11 bits per heavy atom. The number of nitrogens with zero attached hydrogens (tertiary/aromatic N) is 3. The van der Waals surface area contributed by atoms with Crippen molar-refractivity contribution in [2.75, 3.05) is 13.1 Å². The third-order valence-corrected chi connectivity index (χ3v) is 4.43. The van der Waals surface area contributed by atoms with Crippen molar-refractivity contribution in [3.05, 3.63) is 10.0 Å². The highest BCUT2D eigenvalue weighted by atomic mass is 32.1. The van der Waals surface area contributed by atoms with Crippen LogP contribution in [-0.2, 0) is 6.42 Å². The molecule has 0 bridgehead atoms. The molecule has 2 heterocycles. The van der Waals surface area contributed by atoms with Crippen LogP contribution in [-0.4, -0.2) is 33.7 Å². The molecule has 102 valence electrons. The van der Waals surface area contributed by atoms with Gasteiger partial charge in [0.25, 0.3) is 0 Å². The predicted octanol–water partition coefficient (Wildman–Crippen LogP) is 3.32. The lowest BCUT2D eigenvalue weighted by Crippen LogP contribution is -2.54. The molecule has 0 atom stereocenters. The summed E-state index contributed by atoms with van der Waals surface area (Å²) in [5.41, 5.74) is 0.587. The minimum atomic E-state index is 0.287. The zero-order chi connectivity index (χ0) is 13.6. The lowest BCUT2D eigenvalue weighted by atomic mass is 9.93. The largest absolute Gasteiger partial charge is 0.297 e. The standard InChI is InChI=1S/C14H25N3S/c1-13(2,3)7-11-15-16-12(18-11)10-8-17(9-10)14(4,5)6/h10H,7-9H2,1-6H3. The van der Waals surface area contributed by atoms with E-state index in [0.29, 0.717) is 11.3 Å². The maximum atomic E-state index is 4.38. The van der Waals surface area contributed by atoms with Crippen molar-refractivity contribution in [2.24, 2.45) is 5.41 Å². The van der Waals surface area contributed by atoms with Gasteiger partial charge in [-0.1, -0.05) is 20.8 Å². The van der Waals surface area contributed by atoms with Crippen LogP contribution in [0.15, 0.2) is 0 Å². The minimum absolute atomic E-state index is 0.287. The van der Waals surface area contributed by atoms with Crippen LogP contribution in [0.5, 0.6) is 0 Å². The summed E-state index contributed by atoms with van der Waals surface area (Å²) in [7, 11) is 0. The Labute approximate surface area is 115 Å². The average Bonchev–Trinajstić information content (AvgIpc) is 2.43. The number of rotatable bonds is 2. The molecule has 3 nitrogen and oxygen atoms in total. The van der Waals surface area contributed by atoms with Gasteiger partial charge in [0.15, 0.2) is 0 Å². The quantitative estimate of drug-likeness (QED) is 0.823. The second-order valence-electron chi connectivity index (χ2n) is 7.54. The van der Waals surface area contributed by atoms with E-state index in [1.54, 1.807) is 0 Å². The molecule has 0 N–H and O–H groups in total. The number of likely N-dealkylation sites (tertiary alicyclic amines) is 1. The van der Waals surface area contributed by atoms with Crippen molar-refractivity contribution in [2.45, 2.75) is 59.4 Å². The van der Waals surface area contributed by atoms with E-state index in [-0.39, 0.29) is 5.54 Å². The Kier molecular flexibility index (Phi) is 3.54. The lowest BCUT2D eigenvalue weighted by Gasteiger charge is -2.46. The van der Waals surface area contributed by atoms with E-state index in [4.69, 9.17) is 0 Å². The summed E-state index contributed by atoms with van der Waals surface area (Å²) < 4.78 is 0. The summed E-state index contributed by atoms with van der Waals surface area (Å²) >= 11 is 1.81. The molecule has 0 saturated carbocycles. The van der Waals surface area contributed by atoms with Crippen LogP contribution < -0.4 is 0 Å². The molecule has 4 heteroatoms. The Morgan fingerprint density at radius 3 is 2.22 bits per heavy atom. The summed E-state index contributed by atoms with van der Waals surface area (Å²) in [4.78, 5) is 2.50. The Hall–Kier alpha value is -0.480. The summed E-state index contributed by atoms with van der Waals surface area (Å²) in [5, 5.41) is 11.1. The van der Waals surface area contributed by atoms with E-state index in [1.807, 2.05) is 11.3 Å². The molecule has 1 aliphatic heterocycles. The molecule has 2 rings (SSSR count). The van der Waals surface area contributed by atoms with Gasteiger partial charge in [0.05, 0.1) is 0 Å². The molecule has 0 aromatic carbocycles. The molecule has 1 aromatic rings. The average molecular weight is 267 g/mol. The second-order valence-corrected chi connectivity index (χ2v) is 8.64. The van der Waals surface area contributed by atoms with Gasteiger partial charge in [0, 0.05) is 31.0 Å². The van der Waals surface area contributed by atoms with Crippen molar-refractivity contribution in [1.82, 2.24) is 15.1 Å². The summed E-state index contributed by atoms with van der Waals surface area (Å²) in [6, 6.07) is 0. The Bertz CT molecular complexity index is 405. The number of aromatic nitrogens is 2. The number of hydrogen-bond acceptors (Lipinski definition) is 4. The molecule has 18 heavy (non-hydrogen) atoms. The molecule has 0 radical (unpaired) electrons.